The quantitative estimate of drug-likeness (QED) is 0.657. The van der Waals surface area contributed by atoms with E-state index in [-0.39, 0.29) is 0 Å². The molecule has 1 saturated heterocycles. The number of hydrogen-bond acceptors (Lipinski definition) is 2. The molecule has 0 bridgehead atoms. The van der Waals surface area contributed by atoms with Crippen molar-refractivity contribution in [2.24, 2.45) is 5.73 Å². The van der Waals surface area contributed by atoms with Crippen molar-refractivity contribution in [1.29, 1.82) is 0 Å². The molecule has 0 aromatic carbocycles. The van der Waals surface area contributed by atoms with Crippen molar-refractivity contribution in [3.8, 4) is 0 Å². The summed E-state index contributed by atoms with van der Waals surface area (Å²) in [5.41, 5.74) is 5.97. The van der Waals surface area contributed by atoms with E-state index in [2.05, 4.69) is 18.7 Å². The van der Waals surface area contributed by atoms with Crippen LogP contribution in [0.4, 0.5) is 0 Å². The molecule has 2 atom stereocenters. The number of unbranched alkanes of at least 4 members (excludes halogenated alkanes) is 4. The van der Waals surface area contributed by atoms with E-state index >= 15 is 0 Å². The van der Waals surface area contributed by atoms with Gasteiger partial charge >= 0.3 is 0 Å². The van der Waals surface area contributed by atoms with E-state index in [1.54, 1.807) is 0 Å². The van der Waals surface area contributed by atoms with Crippen molar-refractivity contribution in [3.63, 3.8) is 0 Å². The van der Waals surface area contributed by atoms with Gasteiger partial charge < -0.3 is 5.73 Å². The van der Waals surface area contributed by atoms with Gasteiger partial charge in [0.15, 0.2) is 0 Å². The Labute approximate surface area is 108 Å². The van der Waals surface area contributed by atoms with Crippen LogP contribution < -0.4 is 5.73 Å². The highest BCUT2D eigenvalue weighted by atomic mass is 15.2. The lowest BCUT2D eigenvalue weighted by atomic mass is 9.98. The van der Waals surface area contributed by atoms with Gasteiger partial charge in [-0.15, -0.1) is 0 Å². The third-order valence-electron chi connectivity index (χ3n) is 4.24. The standard InChI is InChI=1S/C15H32N2/c1-3-4-5-6-7-11-15(13-16)17-12-9-8-10-14(17)2/h14-15H,3-13,16H2,1-2H3. The van der Waals surface area contributed by atoms with Crippen LogP contribution in [0.3, 0.4) is 0 Å². The molecule has 1 rings (SSSR count). The number of likely N-dealkylation sites (tertiary alicyclic amines) is 1. The lowest BCUT2D eigenvalue weighted by Gasteiger charge is -2.39. The van der Waals surface area contributed by atoms with Crippen LogP contribution in [0.5, 0.6) is 0 Å². The van der Waals surface area contributed by atoms with Crippen LogP contribution in [0.25, 0.3) is 0 Å². The van der Waals surface area contributed by atoms with E-state index in [4.69, 9.17) is 5.73 Å². The average molecular weight is 240 g/mol. The summed E-state index contributed by atoms with van der Waals surface area (Å²) >= 11 is 0. The molecule has 2 unspecified atom stereocenters. The first kappa shape index (κ1) is 15.0. The molecule has 0 aromatic heterocycles. The van der Waals surface area contributed by atoms with E-state index in [1.807, 2.05) is 0 Å². The van der Waals surface area contributed by atoms with Crippen LogP contribution >= 0.6 is 0 Å². The Morgan fingerprint density at radius 3 is 2.59 bits per heavy atom. The molecule has 1 aliphatic rings. The molecule has 2 N–H and O–H groups in total. The minimum atomic E-state index is 0.645. The van der Waals surface area contributed by atoms with Crippen LogP contribution in [0, 0.1) is 0 Å². The normalized spacial score (nSPS) is 23.8. The summed E-state index contributed by atoms with van der Waals surface area (Å²) in [5, 5.41) is 0. The molecule has 1 aliphatic heterocycles. The molecule has 0 spiro atoms. The molecule has 102 valence electrons. The summed E-state index contributed by atoms with van der Waals surface area (Å²) in [7, 11) is 0. The van der Waals surface area contributed by atoms with E-state index < -0.39 is 0 Å². The largest absolute Gasteiger partial charge is 0.329 e. The van der Waals surface area contributed by atoms with Gasteiger partial charge in [0, 0.05) is 18.6 Å². The molecule has 0 aromatic rings. The molecule has 0 amide bonds. The second-order valence-electron chi connectivity index (χ2n) is 5.68. The minimum Gasteiger partial charge on any atom is -0.329 e. The topological polar surface area (TPSA) is 29.3 Å². The fraction of sp³-hybridized carbons (Fsp3) is 1.00. The van der Waals surface area contributed by atoms with Gasteiger partial charge in [0.05, 0.1) is 0 Å². The number of nitrogens with two attached hydrogens (primary N) is 1. The van der Waals surface area contributed by atoms with Gasteiger partial charge in [-0.3, -0.25) is 4.90 Å². The monoisotopic (exact) mass is 240 g/mol. The maximum atomic E-state index is 5.97. The minimum absolute atomic E-state index is 0.645. The summed E-state index contributed by atoms with van der Waals surface area (Å²) in [6.45, 7) is 6.77. The van der Waals surface area contributed by atoms with Gasteiger partial charge in [0.25, 0.3) is 0 Å². The Morgan fingerprint density at radius 2 is 1.94 bits per heavy atom. The molecule has 17 heavy (non-hydrogen) atoms. The highest BCUT2D eigenvalue weighted by molar-refractivity contribution is 4.81. The molecule has 1 fully saturated rings. The molecular formula is C15H32N2. The maximum Gasteiger partial charge on any atom is 0.0221 e. The first-order chi connectivity index (χ1) is 8.29. The van der Waals surface area contributed by atoms with Crippen LogP contribution in [-0.2, 0) is 0 Å². The molecule has 0 radical (unpaired) electrons. The molecule has 0 aliphatic carbocycles. The smallest absolute Gasteiger partial charge is 0.0221 e. The zero-order valence-electron chi connectivity index (χ0n) is 12.0. The average Bonchev–Trinajstić information content (AvgIpc) is 2.35. The lowest BCUT2D eigenvalue weighted by Crippen LogP contribution is -2.48. The zero-order valence-corrected chi connectivity index (χ0v) is 12.0. The SMILES string of the molecule is CCCCCCCC(CN)N1CCCCC1C. The second kappa shape index (κ2) is 8.93. The summed E-state index contributed by atoms with van der Waals surface area (Å²) in [5.74, 6) is 0. The molecular weight excluding hydrogens is 208 g/mol. The number of hydrogen-bond donors (Lipinski definition) is 1. The van der Waals surface area contributed by atoms with Crippen molar-refractivity contribution < 1.29 is 0 Å². The predicted molar refractivity (Wildman–Crippen MR) is 76.2 cm³/mol. The van der Waals surface area contributed by atoms with Crippen molar-refractivity contribution in [2.45, 2.75) is 83.7 Å². The number of rotatable bonds is 8. The van der Waals surface area contributed by atoms with Crippen LogP contribution in [0.1, 0.15) is 71.6 Å². The first-order valence-electron chi connectivity index (χ1n) is 7.75. The first-order valence-corrected chi connectivity index (χ1v) is 7.75. The van der Waals surface area contributed by atoms with E-state index in [0.29, 0.717) is 6.04 Å². The Morgan fingerprint density at radius 1 is 1.18 bits per heavy atom. The molecule has 0 saturated carbocycles. The fourth-order valence-corrected chi connectivity index (χ4v) is 3.07. The highest BCUT2D eigenvalue weighted by Gasteiger charge is 2.24. The van der Waals surface area contributed by atoms with Crippen LogP contribution in [0.15, 0.2) is 0 Å². The Hall–Kier alpha value is -0.0800. The van der Waals surface area contributed by atoms with Crippen molar-refractivity contribution in [2.75, 3.05) is 13.1 Å². The fourth-order valence-electron chi connectivity index (χ4n) is 3.07. The Balaban J connectivity index is 2.21. The van der Waals surface area contributed by atoms with Gasteiger partial charge in [-0.2, -0.15) is 0 Å². The van der Waals surface area contributed by atoms with E-state index in [9.17, 15) is 0 Å². The van der Waals surface area contributed by atoms with Gasteiger partial charge in [-0.05, 0) is 32.7 Å². The summed E-state index contributed by atoms with van der Waals surface area (Å²) in [6, 6.07) is 1.40. The lowest BCUT2D eigenvalue weighted by molar-refractivity contribution is 0.102. The second-order valence-corrected chi connectivity index (χ2v) is 5.68. The van der Waals surface area contributed by atoms with Crippen LogP contribution in [-0.4, -0.2) is 30.1 Å². The van der Waals surface area contributed by atoms with Gasteiger partial charge in [0.1, 0.15) is 0 Å². The summed E-state index contributed by atoms with van der Waals surface area (Å²) in [4.78, 5) is 2.67. The van der Waals surface area contributed by atoms with Gasteiger partial charge in [0.2, 0.25) is 0 Å². The van der Waals surface area contributed by atoms with Gasteiger partial charge in [-0.1, -0.05) is 45.4 Å². The third-order valence-corrected chi connectivity index (χ3v) is 4.24. The Kier molecular flexibility index (Phi) is 7.87. The van der Waals surface area contributed by atoms with Crippen LogP contribution in [0.2, 0.25) is 0 Å². The van der Waals surface area contributed by atoms with Crippen molar-refractivity contribution in [3.05, 3.63) is 0 Å². The molecule has 2 nitrogen and oxygen atoms in total. The maximum absolute atomic E-state index is 5.97. The van der Waals surface area contributed by atoms with E-state index in [0.717, 1.165) is 12.6 Å². The third kappa shape index (κ3) is 5.39. The number of piperidine rings is 1. The van der Waals surface area contributed by atoms with Crippen molar-refractivity contribution >= 4 is 0 Å². The predicted octanol–water partition coefficient (Wildman–Crippen LogP) is 3.55. The summed E-state index contributed by atoms with van der Waals surface area (Å²) in [6.07, 6.45) is 12.4. The highest BCUT2D eigenvalue weighted by Crippen LogP contribution is 2.21. The summed E-state index contributed by atoms with van der Waals surface area (Å²) < 4.78 is 0. The van der Waals surface area contributed by atoms with E-state index in [1.165, 1.54) is 64.3 Å². The van der Waals surface area contributed by atoms with Crippen molar-refractivity contribution in [1.82, 2.24) is 4.90 Å². The molecule has 2 heteroatoms. The van der Waals surface area contributed by atoms with Gasteiger partial charge in [-0.25, -0.2) is 0 Å². The zero-order chi connectivity index (χ0) is 12.5. The molecule has 1 heterocycles. The number of nitrogens with zero attached hydrogens (tertiary/aromatic N) is 1. The Bertz CT molecular complexity index is 182.